The molecule has 0 radical (unpaired) electrons. The second kappa shape index (κ2) is 19.4. The van der Waals surface area contributed by atoms with Crippen molar-refractivity contribution in [2.75, 3.05) is 57.9 Å². The van der Waals surface area contributed by atoms with Gasteiger partial charge < -0.3 is 40.7 Å². The summed E-state index contributed by atoms with van der Waals surface area (Å²) in [5, 5.41) is 18.9. The summed E-state index contributed by atoms with van der Waals surface area (Å²) in [5.74, 6) is -3.21. The first kappa shape index (κ1) is 41.9. The summed E-state index contributed by atoms with van der Waals surface area (Å²) in [7, 11) is 1.67. The maximum absolute atomic E-state index is 13.6. The summed E-state index contributed by atoms with van der Waals surface area (Å²) in [4.78, 5) is 82.5. The number of nitrogens with one attached hydrogen (secondary N) is 3. The van der Waals surface area contributed by atoms with E-state index in [9.17, 15) is 33.9 Å². The number of morpholine rings is 1. The molecule has 2 aromatic rings. The Hall–Kier alpha value is -4.90. The molecule has 0 bridgehead atoms. The molecule has 16 heteroatoms. The number of aliphatic hydroxyl groups is 1. The smallest absolute Gasteiger partial charge is 0.264 e. The first-order chi connectivity index (χ1) is 25.6. The molecule has 4 rings (SSSR count). The average Bonchev–Trinajstić information content (AvgIpc) is 3.64. The first-order valence-electron chi connectivity index (χ1n) is 18.1. The predicted octanol–water partition coefficient (Wildman–Crippen LogP) is -0.285. The van der Waals surface area contributed by atoms with Crippen molar-refractivity contribution in [3.63, 3.8) is 0 Å². The topological polar surface area (TPSA) is 213 Å². The number of ether oxygens (including phenoxy) is 2. The van der Waals surface area contributed by atoms with Gasteiger partial charge in [-0.1, -0.05) is 30.3 Å². The van der Waals surface area contributed by atoms with E-state index in [1.807, 2.05) is 25.7 Å². The van der Waals surface area contributed by atoms with Crippen LogP contribution in [0.1, 0.15) is 45.6 Å². The van der Waals surface area contributed by atoms with Crippen molar-refractivity contribution in [1.29, 1.82) is 0 Å². The number of likely N-dealkylation sites (tertiary alicyclic amines) is 1. The number of nitrogens with two attached hydrogens (primary N) is 1. The van der Waals surface area contributed by atoms with Gasteiger partial charge >= 0.3 is 0 Å². The molecule has 0 aliphatic carbocycles. The van der Waals surface area contributed by atoms with Gasteiger partial charge in [0.25, 0.3) is 11.8 Å². The van der Waals surface area contributed by atoms with Crippen LogP contribution in [-0.2, 0) is 39.9 Å². The number of nitrogens with zero attached hydrogens (tertiary/aromatic N) is 3. The highest BCUT2D eigenvalue weighted by molar-refractivity contribution is 5.98. The number of imide groups is 1. The van der Waals surface area contributed by atoms with Crippen molar-refractivity contribution < 1.29 is 43.3 Å². The van der Waals surface area contributed by atoms with Gasteiger partial charge in [0.15, 0.2) is 12.7 Å². The molecule has 4 atom stereocenters. The molecule has 0 saturated carbocycles. The lowest BCUT2D eigenvalue weighted by atomic mass is 9.99. The number of amides is 6. The molecule has 2 aromatic carbocycles. The van der Waals surface area contributed by atoms with Crippen molar-refractivity contribution in [2.24, 2.45) is 5.73 Å². The number of benzene rings is 2. The molecular weight excluding hydrogens is 698 g/mol. The molecule has 294 valence electrons. The Morgan fingerprint density at radius 1 is 0.981 bits per heavy atom. The largest absolute Gasteiger partial charge is 0.484 e. The predicted molar refractivity (Wildman–Crippen MR) is 199 cm³/mol. The third kappa shape index (κ3) is 12.6. The van der Waals surface area contributed by atoms with Crippen LogP contribution in [0.15, 0.2) is 54.6 Å². The molecule has 2 fully saturated rings. The van der Waals surface area contributed by atoms with Crippen molar-refractivity contribution in [1.82, 2.24) is 25.8 Å². The summed E-state index contributed by atoms with van der Waals surface area (Å²) in [5.41, 5.74) is 6.88. The SMILES string of the molecule is CN(C(=O)CN1CCOCC1)c1ccc(OCC(=O)NC(=O)C[C@H](N)C(=O)N[C@@H](Cc2ccccc2)[C@H](O)C(=O)N2CCC[C@H]2C(=O)NC(C)(C)C)cc1. The van der Waals surface area contributed by atoms with Crippen molar-refractivity contribution in [2.45, 2.75) is 76.2 Å². The van der Waals surface area contributed by atoms with Gasteiger partial charge in [0.2, 0.25) is 23.6 Å². The monoisotopic (exact) mass is 751 g/mol. The van der Waals surface area contributed by atoms with E-state index in [1.165, 1.54) is 9.80 Å². The summed E-state index contributed by atoms with van der Waals surface area (Å²) in [6.07, 6.45) is -1.23. The Kier molecular flexibility index (Phi) is 15.1. The third-order valence-electron chi connectivity index (χ3n) is 9.05. The standard InChI is InChI=1S/C38H53N7O9/c1-38(2,3)42-36(51)30-11-8-16-45(30)37(52)34(49)29(21-25-9-6-5-7-10-25)40-35(50)28(39)22-31(46)41-32(47)24-54-27-14-12-26(13-15-27)43(4)33(48)23-44-17-19-53-20-18-44/h5-7,9-10,12-15,28-30,34,49H,8,11,16-24,39H2,1-4H3,(H,40,50)(H,42,51)(H,41,46,47)/t28-,29-,30-,34-/m0/s1. The van der Waals surface area contributed by atoms with Crippen LogP contribution < -0.4 is 31.3 Å². The lowest BCUT2D eigenvalue weighted by Gasteiger charge is -2.32. The Labute approximate surface area is 315 Å². The molecule has 2 aliphatic rings. The van der Waals surface area contributed by atoms with Crippen LogP contribution in [0.3, 0.4) is 0 Å². The van der Waals surface area contributed by atoms with E-state index in [0.717, 1.165) is 0 Å². The number of anilines is 1. The van der Waals surface area contributed by atoms with Gasteiger partial charge in [0.1, 0.15) is 11.8 Å². The van der Waals surface area contributed by atoms with E-state index < -0.39 is 66.4 Å². The maximum atomic E-state index is 13.6. The van der Waals surface area contributed by atoms with Crippen molar-refractivity contribution >= 4 is 41.1 Å². The van der Waals surface area contributed by atoms with Crippen LogP contribution in [0, 0.1) is 0 Å². The quantitative estimate of drug-likeness (QED) is 0.160. The highest BCUT2D eigenvalue weighted by atomic mass is 16.5. The van der Waals surface area contributed by atoms with Gasteiger partial charge in [0, 0.05) is 37.9 Å². The number of aliphatic hydroxyl groups excluding tert-OH is 1. The molecule has 6 N–H and O–H groups in total. The lowest BCUT2D eigenvalue weighted by Crippen LogP contribution is -2.58. The molecule has 0 unspecified atom stereocenters. The Morgan fingerprint density at radius 3 is 2.30 bits per heavy atom. The molecule has 0 spiro atoms. The van der Waals surface area contributed by atoms with E-state index in [1.54, 1.807) is 61.6 Å². The van der Waals surface area contributed by atoms with Crippen LogP contribution in [0.2, 0.25) is 0 Å². The van der Waals surface area contributed by atoms with Gasteiger partial charge in [-0.15, -0.1) is 0 Å². The van der Waals surface area contributed by atoms with Gasteiger partial charge in [-0.2, -0.15) is 0 Å². The van der Waals surface area contributed by atoms with Crippen LogP contribution in [0.4, 0.5) is 5.69 Å². The molecule has 6 amide bonds. The molecule has 2 aliphatic heterocycles. The number of hydrogen-bond acceptors (Lipinski definition) is 11. The van der Waals surface area contributed by atoms with E-state index in [-0.39, 0.29) is 31.3 Å². The highest BCUT2D eigenvalue weighted by Crippen LogP contribution is 2.22. The van der Waals surface area contributed by atoms with Crippen molar-refractivity contribution in [3.05, 3.63) is 60.2 Å². The Balaban J connectivity index is 1.28. The minimum absolute atomic E-state index is 0.0585. The van der Waals surface area contributed by atoms with E-state index >= 15 is 0 Å². The van der Waals surface area contributed by atoms with Crippen LogP contribution in [0.25, 0.3) is 0 Å². The van der Waals surface area contributed by atoms with E-state index in [4.69, 9.17) is 15.2 Å². The van der Waals surface area contributed by atoms with Gasteiger partial charge in [0.05, 0.1) is 38.3 Å². The molecule has 0 aromatic heterocycles. The minimum Gasteiger partial charge on any atom is -0.484 e. The fourth-order valence-corrected chi connectivity index (χ4v) is 6.15. The van der Waals surface area contributed by atoms with Gasteiger partial charge in [-0.3, -0.25) is 39.0 Å². The average molecular weight is 752 g/mol. The number of likely N-dealkylation sites (N-methyl/N-ethyl adjacent to an activating group) is 1. The number of hydrogen-bond donors (Lipinski definition) is 5. The zero-order chi connectivity index (χ0) is 39.4. The zero-order valence-electron chi connectivity index (χ0n) is 31.4. The van der Waals surface area contributed by atoms with Crippen LogP contribution in [-0.4, -0.2) is 133 Å². The van der Waals surface area contributed by atoms with Gasteiger partial charge in [-0.25, -0.2) is 0 Å². The number of carbonyl (C=O) groups excluding carboxylic acids is 6. The lowest BCUT2D eigenvalue weighted by molar-refractivity contribution is -0.147. The normalized spacial score (nSPS) is 17.8. The summed E-state index contributed by atoms with van der Waals surface area (Å²) in [6, 6.07) is 12.1. The molecule has 2 saturated heterocycles. The Bertz CT molecular complexity index is 1610. The van der Waals surface area contributed by atoms with Crippen molar-refractivity contribution in [3.8, 4) is 5.75 Å². The Morgan fingerprint density at radius 2 is 1.65 bits per heavy atom. The number of carbonyl (C=O) groups is 6. The maximum Gasteiger partial charge on any atom is 0.264 e. The third-order valence-corrected chi connectivity index (χ3v) is 9.05. The zero-order valence-corrected chi connectivity index (χ0v) is 31.4. The highest BCUT2D eigenvalue weighted by Gasteiger charge is 2.40. The second-order valence-electron chi connectivity index (χ2n) is 14.6. The fourth-order valence-electron chi connectivity index (χ4n) is 6.15. The van der Waals surface area contributed by atoms with Crippen LogP contribution >= 0.6 is 0 Å². The first-order valence-corrected chi connectivity index (χ1v) is 18.1. The fraction of sp³-hybridized carbons (Fsp3) is 0.526. The number of rotatable bonds is 15. The summed E-state index contributed by atoms with van der Waals surface area (Å²) >= 11 is 0. The second-order valence-corrected chi connectivity index (χ2v) is 14.6. The molecule has 2 heterocycles. The molecular formula is C38H53N7O9. The van der Waals surface area contributed by atoms with Gasteiger partial charge in [-0.05, 0) is 69.9 Å². The van der Waals surface area contributed by atoms with Crippen LogP contribution in [0.5, 0.6) is 5.75 Å². The van der Waals surface area contributed by atoms with E-state index in [2.05, 4.69) is 16.0 Å². The summed E-state index contributed by atoms with van der Waals surface area (Å²) in [6.45, 7) is 8.10. The minimum atomic E-state index is -1.72. The molecule has 16 nitrogen and oxygen atoms in total. The summed E-state index contributed by atoms with van der Waals surface area (Å²) < 4.78 is 10.8. The van der Waals surface area contributed by atoms with E-state index in [0.29, 0.717) is 56.1 Å². The molecule has 54 heavy (non-hydrogen) atoms.